The molecule has 0 atom stereocenters. The van der Waals surface area contributed by atoms with Crippen LogP contribution in [0.25, 0.3) is 0 Å². The van der Waals surface area contributed by atoms with Crippen LogP contribution in [0.15, 0.2) is 0 Å². The van der Waals surface area contributed by atoms with Crippen LogP contribution < -0.4 is 5.73 Å². The SMILES string of the molecule is CCCC.CN.N#CC1CCCCC1. The van der Waals surface area contributed by atoms with Crippen LogP contribution in [0, 0.1) is 17.2 Å². The molecule has 0 aliphatic heterocycles. The molecular weight excluding hydrogens is 172 g/mol. The third kappa shape index (κ3) is 11.4. The Labute approximate surface area is 89.5 Å². The van der Waals surface area contributed by atoms with Crippen LogP contribution in [0.1, 0.15) is 58.8 Å². The van der Waals surface area contributed by atoms with Gasteiger partial charge in [0, 0.05) is 5.92 Å². The van der Waals surface area contributed by atoms with Crippen LogP contribution >= 0.6 is 0 Å². The van der Waals surface area contributed by atoms with Crippen molar-refractivity contribution >= 4 is 0 Å². The second kappa shape index (κ2) is 14.9. The van der Waals surface area contributed by atoms with E-state index < -0.39 is 0 Å². The molecule has 0 unspecified atom stereocenters. The third-order valence-corrected chi connectivity index (χ3v) is 2.29. The van der Waals surface area contributed by atoms with E-state index in [1.165, 1.54) is 39.2 Å². The van der Waals surface area contributed by atoms with Crippen molar-refractivity contribution in [3.8, 4) is 6.07 Å². The van der Waals surface area contributed by atoms with Gasteiger partial charge in [0.1, 0.15) is 0 Å². The second-order valence-electron chi connectivity index (χ2n) is 3.46. The van der Waals surface area contributed by atoms with Gasteiger partial charge in [0.05, 0.1) is 6.07 Å². The maximum absolute atomic E-state index is 8.44. The largest absolute Gasteiger partial charge is 0.333 e. The monoisotopic (exact) mass is 198 g/mol. The summed E-state index contributed by atoms with van der Waals surface area (Å²) in [6.07, 6.45) is 8.83. The van der Waals surface area contributed by atoms with E-state index in [0.717, 1.165) is 12.8 Å². The first-order valence-electron chi connectivity index (χ1n) is 5.82. The fourth-order valence-electron chi connectivity index (χ4n) is 1.23. The molecule has 2 N–H and O–H groups in total. The van der Waals surface area contributed by atoms with E-state index in [0.29, 0.717) is 5.92 Å². The Kier molecular flexibility index (Phi) is 17.0. The van der Waals surface area contributed by atoms with Crippen molar-refractivity contribution < 1.29 is 0 Å². The predicted octanol–water partition coefficient (Wildman–Crippen LogP) is 3.47. The van der Waals surface area contributed by atoms with Gasteiger partial charge in [0.15, 0.2) is 0 Å². The Morgan fingerprint density at radius 1 is 1.07 bits per heavy atom. The van der Waals surface area contributed by atoms with E-state index in [2.05, 4.69) is 25.7 Å². The van der Waals surface area contributed by atoms with Crippen LogP contribution in [0.4, 0.5) is 0 Å². The molecule has 1 saturated carbocycles. The number of nitrogens with two attached hydrogens (primary N) is 1. The van der Waals surface area contributed by atoms with Crippen molar-refractivity contribution in [2.45, 2.75) is 58.8 Å². The third-order valence-electron chi connectivity index (χ3n) is 2.29. The van der Waals surface area contributed by atoms with E-state index in [9.17, 15) is 0 Å². The predicted molar refractivity (Wildman–Crippen MR) is 62.9 cm³/mol. The minimum atomic E-state index is 0.392. The van der Waals surface area contributed by atoms with Crippen LogP contribution in [0.5, 0.6) is 0 Å². The maximum atomic E-state index is 8.44. The van der Waals surface area contributed by atoms with E-state index in [-0.39, 0.29) is 0 Å². The van der Waals surface area contributed by atoms with Crippen molar-refractivity contribution in [1.82, 2.24) is 0 Å². The average molecular weight is 198 g/mol. The molecule has 1 fully saturated rings. The highest BCUT2D eigenvalue weighted by Gasteiger charge is 2.10. The maximum Gasteiger partial charge on any atom is 0.0655 e. The lowest BCUT2D eigenvalue weighted by molar-refractivity contribution is 0.427. The van der Waals surface area contributed by atoms with Crippen molar-refractivity contribution in [2.24, 2.45) is 11.7 Å². The molecule has 1 rings (SSSR count). The lowest BCUT2D eigenvalue weighted by Gasteiger charge is -2.13. The molecule has 14 heavy (non-hydrogen) atoms. The highest BCUT2D eigenvalue weighted by molar-refractivity contribution is 4.84. The van der Waals surface area contributed by atoms with Gasteiger partial charge in [-0.25, -0.2) is 0 Å². The normalized spacial score (nSPS) is 15.4. The molecule has 0 amide bonds. The first-order valence-corrected chi connectivity index (χ1v) is 5.82. The molecule has 0 spiro atoms. The second-order valence-corrected chi connectivity index (χ2v) is 3.46. The quantitative estimate of drug-likeness (QED) is 0.701. The molecule has 0 aromatic carbocycles. The fraction of sp³-hybridized carbons (Fsp3) is 0.917. The van der Waals surface area contributed by atoms with Crippen molar-refractivity contribution in [2.75, 3.05) is 7.05 Å². The van der Waals surface area contributed by atoms with Crippen LogP contribution in [0.3, 0.4) is 0 Å². The minimum absolute atomic E-state index is 0.392. The van der Waals surface area contributed by atoms with Crippen molar-refractivity contribution in [3.05, 3.63) is 0 Å². The van der Waals surface area contributed by atoms with Gasteiger partial charge in [-0.1, -0.05) is 46.0 Å². The average Bonchev–Trinajstić information content (AvgIpc) is 2.33. The number of hydrogen-bond donors (Lipinski definition) is 1. The molecule has 0 aromatic rings. The van der Waals surface area contributed by atoms with Crippen molar-refractivity contribution in [3.63, 3.8) is 0 Å². The molecule has 1 aliphatic rings. The molecule has 2 nitrogen and oxygen atoms in total. The summed E-state index contributed by atoms with van der Waals surface area (Å²) in [6, 6.07) is 2.30. The van der Waals surface area contributed by atoms with E-state index in [1.54, 1.807) is 0 Å². The molecule has 2 heteroatoms. The number of nitriles is 1. The summed E-state index contributed by atoms with van der Waals surface area (Å²) in [6.45, 7) is 4.36. The van der Waals surface area contributed by atoms with Gasteiger partial charge < -0.3 is 5.73 Å². The highest BCUT2D eigenvalue weighted by atomic mass is 14.4. The first kappa shape index (κ1) is 15.9. The zero-order chi connectivity index (χ0) is 11.2. The zero-order valence-electron chi connectivity index (χ0n) is 10.1. The molecule has 0 aromatic heterocycles. The fourth-order valence-corrected chi connectivity index (χ4v) is 1.23. The lowest BCUT2D eigenvalue weighted by atomic mass is 9.91. The highest BCUT2D eigenvalue weighted by Crippen LogP contribution is 2.22. The Bertz CT molecular complexity index is 119. The Morgan fingerprint density at radius 3 is 1.71 bits per heavy atom. The summed E-state index contributed by atoms with van der Waals surface area (Å²) in [5.41, 5.74) is 4.50. The molecular formula is C12H26N2. The van der Waals surface area contributed by atoms with Gasteiger partial charge >= 0.3 is 0 Å². The van der Waals surface area contributed by atoms with Gasteiger partial charge in [0.25, 0.3) is 0 Å². The number of rotatable bonds is 1. The number of unbranched alkanes of at least 4 members (excludes halogenated alkanes) is 1. The molecule has 1 aliphatic carbocycles. The first-order chi connectivity index (χ1) is 6.85. The number of hydrogen-bond acceptors (Lipinski definition) is 2. The van der Waals surface area contributed by atoms with Crippen LogP contribution in [0.2, 0.25) is 0 Å². The van der Waals surface area contributed by atoms with E-state index in [4.69, 9.17) is 5.26 Å². The summed E-state index contributed by atoms with van der Waals surface area (Å²) >= 11 is 0. The molecule has 0 radical (unpaired) electrons. The Morgan fingerprint density at radius 2 is 1.50 bits per heavy atom. The molecule has 0 bridgehead atoms. The van der Waals surface area contributed by atoms with Gasteiger partial charge in [-0.15, -0.1) is 0 Å². The standard InChI is InChI=1S/C7H11N.C4H10.CH5N/c8-6-7-4-2-1-3-5-7;1-3-4-2;1-2/h7H,1-5H2;3-4H2,1-2H3;2H2,1H3. The van der Waals surface area contributed by atoms with Crippen LogP contribution in [-0.2, 0) is 0 Å². The lowest BCUT2D eigenvalue weighted by Crippen LogP contribution is -2.02. The number of nitrogens with zero attached hydrogens (tertiary/aromatic N) is 1. The minimum Gasteiger partial charge on any atom is -0.333 e. The smallest absolute Gasteiger partial charge is 0.0655 e. The molecule has 84 valence electrons. The molecule has 0 saturated heterocycles. The Balaban J connectivity index is 0. The zero-order valence-corrected chi connectivity index (χ0v) is 10.1. The van der Waals surface area contributed by atoms with E-state index in [1.807, 2.05) is 0 Å². The summed E-state index contributed by atoms with van der Waals surface area (Å²) in [5, 5.41) is 8.44. The molecule has 0 heterocycles. The van der Waals surface area contributed by atoms with Gasteiger partial charge in [0.2, 0.25) is 0 Å². The summed E-state index contributed by atoms with van der Waals surface area (Å²) in [4.78, 5) is 0. The topological polar surface area (TPSA) is 49.8 Å². The van der Waals surface area contributed by atoms with Crippen LogP contribution in [-0.4, -0.2) is 7.05 Å². The van der Waals surface area contributed by atoms with Gasteiger partial charge in [-0.3, -0.25) is 0 Å². The van der Waals surface area contributed by atoms with Crippen molar-refractivity contribution in [1.29, 1.82) is 5.26 Å². The van der Waals surface area contributed by atoms with Gasteiger partial charge in [-0.05, 0) is 19.9 Å². The summed E-state index contributed by atoms with van der Waals surface area (Å²) in [7, 11) is 1.50. The van der Waals surface area contributed by atoms with E-state index >= 15 is 0 Å². The summed E-state index contributed by atoms with van der Waals surface area (Å²) in [5.74, 6) is 0.392. The Hall–Kier alpha value is -0.550. The van der Waals surface area contributed by atoms with Gasteiger partial charge in [-0.2, -0.15) is 5.26 Å². The summed E-state index contributed by atoms with van der Waals surface area (Å²) < 4.78 is 0.